The molecule has 1 fully saturated rings. The molecule has 0 radical (unpaired) electrons. The van der Waals surface area contributed by atoms with Crippen molar-refractivity contribution in [3.05, 3.63) is 77.8 Å². The van der Waals surface area contributed by atoms with Crippen molar-refractivity contribution in [2.45, 2.75) is 30.3 Å². The van der Waals surface area contributed by atoms with Gasteiger partial charge in [-0.15, -0.1) is 6.58 Å². The molecule has 1 aliphatic heterocycles. The number of aromatic nitrogens is 1. The molecule has 0 bridgehead atoms. The number of ether oxygens (including phenoxy) is 1. The average molecular weight is 407 g/mol. The van der Waals surface area contributed by atoms with Gasteiger partial charge in [-0.3, -0.25) is 4.90 Å². The molecule has 2 aliphatic rings. The lowest BCUT2D eigenvalue weighted by Gasteiger charge is -2.56. The number of nitrogens with one attached hydrogen (secondary N) is 1. The maximum Gasteiger partial charge on any atom is 0.132 e. The molecule has 1 aliphatic carbocycles. The first-order valence-electron chi connectivity index (χ1n) is 10.5. The lowest BCUT2D eigenvalue weighted by atomic mass is 9.56. The van der Waals surface area contributed by atoms with Gasteiger partial charge in [0.2, 0.25) is 0 Å². The number of piperidine rings is 1. The van der Waals surface area contributed by atoms with Crippen molar-refractivity contribution in [3.63, 3.8) is 0 Å². The predicted octanol–water partition coefficient (Wildman–Crippen LogP) is 3.98. The molecule has 5 rings (SSSR count). The lowest BCUT2D eigenvalue weighted by molar-refractivity contribution is -0.100. The molecule has 156 valence electrons. The molecule has 2 heterocycles. The molecule has 30 heavy (non-hydrogen) atoms. The minimum Gasteiger partial charge on any atom is -0.497 e. The highest BCUT2D eigenvalue weighted by molar-refractivity contribution is 5.86. The van der Waals surface area contributed by atoms with Gasteiger partial charge in [0.15, 0.2) is 0 Å². The number of halogens is 1. The maximum atomic E-state index is 14.7. The Balaban J connectivity index is 1.70. The van der Waals surface area contributed by atoms with Crippen LogP contribution in [0.2, 0.25) is 0 Å². The summed E-state index contributed by atoms with van der Waals surface area (Å²) in [5.74, 6) is 0.549. The zero-order chi connectivity index (χ0) is 20.9. The molecule has 1 saturated heterocycles. The van der Waals surface area contributed by atoms with Crippen molar-refractivity contribution in [2.75, 3.05) is 26.7 Å². The van der Waals surface area contributed by atoms with E-state index in [1.165, 1.54) is 6.07 Å². The van der Waals surface area contributed by atoms with Crippen LogP contribution in [-0.4, -0.2) is 47.3 Å². The molecule has 0 saturated carbocycles. The van der Waals surface area contributed by atoms with E-state index in [1.807, 2.05) is 30.3 Å². The highest BCUT2D eigenvalue weighted by Gasteiger charge is 2.57. The fraction of sp³-hybridized carbons (Fsp3) is 0.360. The number of nitrogens with zero attached hydrogens (tertiary/aromatic N) is 1. The summed E-state index contributed by atoms with van der Waals surface area (Å²) in [6.07, 6.45) is 3.74. The first kappa shape index (κ1) is 19.3. The number of benzene rings is 2. The van der Waals surface area contributed by atoms with E-state index in [0.29, 0.717) is 24.8 Å². The molecular formula is C25H27FN2O2. The van der Waals surface area contributed by atoms with E-state index in [1.54, 1.807) is 13.2 Å². The number of hydrogen-bond acceptors (Lipinski definition) is 3. The number of β-amino-alcohol motifs (C(OH)–C–C–N with tert-alkyl or cyclic N) is 1. The quantitative estimate of drug-likeness (QED) is 0.645. The maximum absolute atomic E-state index is 14.7. The van der Waals surface area contributed by atoms with Gasteiger partial charge in [-0.1, -0.05) is 24.3 Å². The van der Waals surface area contributed by atoms with Crippen LogP contribution >= 0.6 is 0 Å². The minimum atomic E-state index is -1.02. The third kappa shape index (κ3) is 2.72. The summed E-state index contributed by atoms with van der Waals surface area (Å²) in [6.45, 7) is 5.99. The number of hydrogen-bond donors (Lipinski definition) is 2. The Kier molecular flexibility index (Phi) is 4.49. The summed E-state index contributed by atoms with van der Waals surface area (Å²) in [5.41, 5.74) is 2.32. The van der Waals surface area contributed by atoms with Gasteiger partial charge >= 0.3 is 0 Å². The number of fused-ring (bicyclic) bond motifs is 4. The Morgan fingerprint density at radius 3 is 2.90 bits per heavy atom. The van der Waals surface area contributed by atoms with E-state index in [-0.39, 0.29) is 5.82 Å². The molecular weight excluding hydrogens is 379 g/mol. The van der Waals surface area contributed by atoms with Crippen LogP contribution in [0.25, 0.3) is 10.9 Å². The van der Waals surface area contributed by atoms with Gasteiger partial charge in [-0.25, -0.2) is 4.39 Å². The summed E-state index contributed by atoms with van der Waals surface area (Å²) in [5, 5.41) is 12.8. The van der Waals surface area contributed by atoms with Crippen LogP contribution in [0.3, 0.4) is 0 Å². The highest BCUT2D eigenvalue weighted by atomic mass is 19.1. The van der Waals surface area contributed by atoms with E-state index in [2.05, 4.69) is 22.5 Å². The fourth-order valence-electron chi connectivity index (χ4n) is 5.70. The third-order valence-electron chi connectivity index (χ3n) is 7.15. The summed E-state index contributed by atoms with van der Waals surface area (Å²) in [4.78, 5) is 5.69. The van der Waals surface area contributed by atoms with E-state index in [0.717, 1.165) is 47.6 Å². The Bertz CT molecular complexity index is 1120. The van der Waals surface area contributed by atoms with Crippen LogP contribution in [0.1, 0.15) is 23.2 Å². The molecule has 2 aromatic carbocycles. The zero-order valence-corrected chi connectivity index (χ0v) is 17.2. The summed E-state index contributed by atoms with van der Waals surface area (Å²) < 4.78 is 20.2. The Hall–Kier alpha value is -2.63. The topological polar surface area (TPSA) is 48.5 Å². The molecule has 3 aromatic rings. The Morgan fingerprint density at radius 1 is 1.27 bits per heavy atom. The minimum absolute atomic E-state index is 0.235. The summed E-state index contributed by atoms with van der Waals surface area (Å²) in [7, 11) is 1.66. The van der Waals surface area contributed by atoms with Crippen LogP contribution in [0, 0.1) is 5.82 Å². The van der Waals surface area contributed by atoms with Crippen molar-refractivity contribution in [3.8, 4) is 5.75 Å². The van der Waals surface area contributed by atoms with E-state index in [9.17, 15) is 9.50 Å². The van der Waals surface area contributed by atoms with Crippen molar-refractivity contribution in [2.24, 2.45) is 0 Å². The predicted molar refractivity (Wildman–Crippen MR) is 117 cm³/mol. The summed E-state index contributed by atoms with van der Waals surface area (Å²) >= 11 is 0. The molecule has 1 aromatic heterocycles. The average Bonchev–Trinajstić information content (AvgIpc) is 3.09. The molecule has 5 heteroatoms. The number of H-pyrrole nitrogens is 1. The smallest absolute Gasteiger partial charge is 0.132 e. The van der Waals surface area contributed by atoms with Crippen molar-refractivity contribution >= 4 is 10.9 Å². The largest absolute Gasteiger partial charge is 0.497 e. The number of methoxy groups -OCH3 is 1. The van der Waals surface area contributed by atoms with Crippen LogP contribution < -0.4 is 4.74 Å². The number of aliphatic hydroxyl groups is 1. The molecule has 2 N–H and O–H groups in total. The van der Waals surface area contributed by atoms with Gasteiger partial charge in [0.1, 0.15) is 11.6 Å². The van der Waals surface area contributed by atoms with Crippen molar-refractivity contribution in [1.29, 1.82) is 0 Å². The third-order valence-corrected chi connectivity index (χ3v) is 7.15. The molecule has 4 nitrogen and oxygen atoms in total. The van der Waals surface area contributed by atoms with Crippen molar-refractivity contribution < 1.29 is 14.2 Å². The van der Waals surface area contributed by atoms with Crippen LogP contribution in [0.15, 0.2) is 55.1 Å². The second-order valence-corrected chi connectivity index (χ2v) is 8.72. The normalized spacial score (nSPS) is 26.2. The van der Waals surface area contributed by atoms with Crippen molar-refractivity contribution in [1.82, 2.24) is 9.88 Å². The van der Waals surface area contributed by atoms with E-state index in [4.69, 9.17) is 4.74 Å². The first-order valence-corrected chi connectivity index (χ1v) is 10.5. The molecule has 2 atom stereocenters. The van der Waals surface area contributed by atoms with Crippen LogP contribution in [0.4, 0.5) is 4.39 Å². The zero-order valence-electron chi connectivity index (χ0n) is 17.2. The number of aromatic amines is 1. The van der Waals surface area contributed by atoms with Gasteiger partial charge in [0.25, 0.3) is 0 Å². The summed E-state index contributed by atoms with van der Waals surface area (Å²) in [6, 6.07) is 13.2. The SMILES string of the molecule is C=CCN1CC[C@@]2(c3cccc(OC)c3)Cc3[nH]c4cccc(F)c4c3C[C@]2(O)C1. The fourth-order valence-corrected chi connectivity index (χ4v) is 5.70. The first-order chi connectivity index (χ1) is 14.5. The van der Waals surface area contributed by atoms with Gasteiger partial charge in [0, 0.05) is 47.9 Å². The van der Waals surface area contributed by atoms with E-state index < -0.39 is 11.0 Å². The van der Waals surface area contributed by atoms with Gasteiger partial charge in [-0.2, -0.15) is 0 Å². The van der Waals surface area contributed by atoms with Gasteiger partial charge in [0.05, 0.1) is 12.7 Å². The molecule has 0 unspecified atom stereocenters. The molecule has 0 amide bonds. The van der Waals surface area contributed by atoms with Crippen LogP contribution in [-0.2, 0) is 18.3 Å². The van der Waals surface area contributed by atoms with E-state index >= 15 is 0 Å². The standard InChI is InChI=1S/C25H27FN2O2/c1-3-11-28-12-10-24(17-6-4-7-18(13-17)30-2)15-22-19(14-25(24,29)16-28)23-20(26)8-5-9-21(23)27-22/h3-9,13,27,29H,1,10-12,14-16H2,2H3/t24-,25-/m0/s1. The monoisotopic (exact) mass is 406 g/mol. The Morgan fingerprint density at radius 2 is 2.10 bits per heavy atom. The lowest BCUT2D eigenvalue weighted by Crippen LogP contribution is -2.66. The highest BCUT2D eigenvalue weighted by Crippen LogP contribution is 2.52. The number of rotatable bonds is 4. The Labute approximate surface area is 176 Å². The molecule has 0 spiro atoms. The van der Waals surface area contributed by atoms with Crippen LogP contribution in [0.5, 0.6) is 5.75 Å². The van der Waals surface area contributed by atoms with Gasteiger partial charge < -0.3 is 14.8 Å². The van der Waals surface area contributed by atoms with Gasteiger partial charge in [-0.05, 0) is 48.4 Å². The second kappa shape index (κ2) is 6.96. The second-order valence-electron chi connectivity index (χ2n) is 8.72. The number of likely N-dealkylation sites (tertiary alicyclic amines) is 1.